The van der Waals surface area contributed by atoms with Crippen LogP contribution >= 0.6 is 0 Å². The van der Waals surface area contributed by atoms with Gasteiger partial charge in [-0.25, -0.2) is 5.48 Å². The summed E-state index contributed by atoms with van der Waals surface area (Å²) >= 11 is 0. The van der Waals surface area contributed by atoms with Gasteiger partial charge < -0.3 is 9.84 Å². The second-order valence-corrected chi connectivity index (χ2v) is 4.53. The molecule has 0 heterocycles. The van der Waals surface area contributed by atoms with Crippen LogP contribution in [0.4, 0.5) is 0 Å². The minimum atomic E-state index is -0.468. The van der Waals surface area contributed by atoms with Crippen molar-refractivity contribution in [3.05, 3.63) is 23.8 Å². The van der Waals surface area contributed by atoms with Crippen molar-refractivity contribution in [2.45, 2.75) is 26.4 Å². The molecule has 2 N–H and O–H groups in total. The molecule has 17 heavy (non-hydrogen) atoms. The molecule has 0 aromatic heterocycles. The van der Waals surface area contributed by atoms with E-state index in [1.165, 1.54) is 19.2 Å². The molecule has 0 aliphatic rings. The summed E-state index contributed by atoms with van der Waals surface area (Å²) in [6.45, 7) is 5.45. The number of benzene rings is 1. The summed E-state index contributed by atoms with van der Waals surface area (Å²) in [5.41, 5.74) is 2.14. The molecule has 0 saturated heterocycles. The number of rotatable bonds is 3. The highest BCUT2D eigenvalue weighted by Crippen LogP contribution is 2.26. The van der Waals surface area contributed by atoms with Gasteiger partial charge in [-0.2, -0.15) is 0 Å². The predicted octanol–water partition coefficient (Wildman–Crippen LogP) is 1.86. The molecule has 0 bridgehead atoms. The molecular weight excluding hydrogens is 222 g/mol. The molecule has 94 valence electrons. The average Bonchev–Trinajstić information content (AvgIpc) is 2.24. The van der Waals surface area contributed by atoms with Crippen molar-refractivity contribution in [3.63, 3.8) is 0 Å². The van der Waals surface area contributed by atoms with E-state index in [1.807, 2.05) is 20.8 Å². The fraction of sp³-hybridized carbons (Fsp3) is 0.417. The van der Waals surface area contributed by atoms with Crippen LogP contribution in [0.25, 0.3) is 0 Å². The summed E-state index contributed by atoms with van der Waals surface area (Å²) < 4.78 is 4.88. The second kappa shape index (κ2) is 5.05. The number of hydrogen-bond acceptors (Lipinski definition) is 4. The monoisotopic (exact) mass is 239 g/mol. The molecule has 0 unspecified atom stereocenters. The first-order chi connectivity index (χ1) is 7.83. The summed E-state index contributed by atoms with van der Waals surface area (Å²) in [5.74, 6) is -0.188. The van der Waals surface area contributed by atoms with Crippen LogP contribution in [0.2, 0.25) is 0 Å². The van der Waals surface area contributed by atoms with E-state index in [-0.39, 0.29) is 5.75 Å². The van der Waals surface area contributed by atoms with Crippen LogP contribution in [0.5, 0.6) is 11.5 Å². The van der Waals surface area contributed by atoms with Gasteiger partial charge in [0.1, 0.15) is 0 Å². The summed E-state index contributed by atoms with van der Waals surface area (Å²) in [7, 11) is 1.44. The number of phenols is 1. The molecule has 0 fully saturated rings. The number of hydrogen-bond donors (Lipinski definition) is 2. The van der Waals surface area contributed by atoms with Gasteiger partial charge in [0.2, 0.25) is 0 Å². The zero-order chi connectivity index (χ0) is 13.1. The Bertz CT molecular complexity index is 409. The number of aromatic hydroxyl groups is 1. The van der Waals surface area contributed by atoms with Crippen LogP contribution in [0.3, 0.4) is 0 Å². The largest absolute Gasteiger partial charge is 0.504 e. The fourth-order valence-corrected chi connectivity index (χ4v) is 1.09. The van der Waals surface area contributed by atoms with Crippen molar-refractivity contribution in [1.29, 1.82) is 0 Å². The summed E-state index contributed by atoms with van der Waals surface area (Å²) in [6, 6.07) is 4.38. The van der Waals surface area contributed by atoms with E-state index in [4.69, 9.17) is 9.57 Å². The number of phenolic OH excluding ortho intramolecular Hbond substituents is 1. The molecule has 0 aliphatic heterocycles. The topological polar surface area (TPSA) is 67.8 Å². The van der Waals surface area contributed by atoms with E-state index in [0.717, 1.165) is 0 Å². The molecular formula is C12H17NO4. The minimum Gasteiger partial charge on any atom is -0.504 e. The Balaban J connectivity index is 2.73. The molecule has 1 amide bonds. The Morgan fingerprint density at radius 3 is 2.47 bits per heavy atom. The number of hydroxylamine groups is 1. The van der Waals surface area contributed by atoms with E-state index < -0.39 is 11.5 Å². The highest BCUT2D eigenvalue weighted by atomic mass is 16.7. The lowest BCUT2D eigenvalue weighted by molar-refractivity contribution is -0.0589. The Labute approximate surface area is 100 Å². The second-order valence-electron chi connectivity index (χ2n) is 4.53. The zero-order valence-corrected chi connectivity index (χ0v) is 10.4. The normalized spacial score (nSPS) is 11.1. The quantitative estimate of drug-likeness (QED) is 0.790. The molecule has 0 aliphatic carbocycles. The van der Waals surface area contributed by atoms with E-state index in [0.29, 0.717) is 11.3 Å². The Morgan fingerprint density at radius 1 is 1.35 bits per heavy atom. The third-order valence-corrected chi connectivity index (χ3v) is 1.89. The van der Waals surface area contributed by atoms with E-state index in [9.17, 15) is 9.90 Å². The SMILES string of the molecule is COc1ccc(C(=O)NOC(C)(C)C)cc1O. The van der Waals surface area contributed by atoms with Crippen molar-refractivity contribution < 1.29 is 19.5 Å². The summed E-state index contributed by atoms with van der Waals surface area (Å²) in [6.07, 6.45) is 0. The third kappa shape index (κ3) is 3.96. The highest BCUT2D eigenvalue weighted by molar-refractivity contribution is 5.94. The number of carbonyl (C=O) groups excluding carboxylic acids is 1. The first kappa shape index (κ1) is 13.3. The molecule has 5 nitrogen and oxygen atoms in total. The maximum atomic E-state index is 11.7. The first-order valence-electron chi connectivity index (χ1n) is 5.19. The van der Waals surface area contributed by atoms with Gasteiger partial charge in [0.25, 0.3) is 5.91 Å². The predicted molar refractivity (Wildman–Crippen MR) is 63.0 cm³/mol. The number of nitrogens with one attached hydrogen (secondary N) is 1. The van der Waals surface area contributed by atoms with Crippen LogP contribution in [0, 0.1) is 0 Å². The van der Waals surface area contributed by atoms with Crippen molar-refractivity contribution in [1.82, 2.24) is 5.48 Å². The molecule has 0 atom stereocenters. The maximum Gasteiger partial charge on any atom is 0.274 e. The standard InChI is InChI=1S/C12H17NO4/c1-12(2,3)17-13-11(15)8-5-6-10(16-4)9(14)7-8/h5-7,14H,1-4H3,(H,13,15). The Hall–Kier alpha value is -1.75. The van der Waals surface area contributed by atoms with Crippen LogP contribution in [0.1, 0.15) is 31.1 Å². The first-order valence-corrected chi connectivity index (χ1v) is 5.19. The number of amides is 1. The average molecular weight is 239 g/mol. The van der Waals surface area contributed by atoms with Gasteiger partial charge in [-0.3, -0.25) is 9.63 Å². The van der Waals surface area contributed by atoms with Crippen LogP contribution < -0.4 is 10.2 Å². The molecule has 1 aromatic carbocycles. The lowest BCUT2D eigenvalue weighted by Gasteiger charge is -2.19. The molecule has 0 spiro atoms. The van der Waals surface area contributed by atoms with Gasteiger partial charge in [0, 0.05) is 5.56 Å². The van der Waals surface area contributed by atoms with Gasteiger partial charge in [-0.05, 0) is 39.0 Å². The van der Waals surface area contributed by atoms with Crippen LogP contribution in [0.15, 0.2) is 18.2 Å². The lowest BCUT2D eigenvalue weighted by Crippen LogP contribution is -2.33. The van der Waals surface area contributed by atoms with Crippen molar-refractivity contribution in [2.75, 3.05) is 7.11 Å². The highest BCUT2D eigenvalue weighted by Gasteiger charge is 2.15. The van der Waals surface area contributed by atoms with Gasteiger partial charge in [0.15, 0.2) is 11.5 Å². The minimum absolute atomic E-state index is 0.0871. The number of methoxy groups -OCH3 is 1. The molecule has 5 heteroatoms. The summed E-state index contributed by atoms with van der Waals surface area (Å²) in [5, 5.41) is 9.52. The van der Waals surface area contributed by atoms with Crippen LogP contribution in [-0.4, -0.2) is 23.7 Å². The van der Waals surface area contributed by atoms with Gasteiger partial charge in [-0.15, -0.1) is 0 Å². The summed E-state index contributed by atoms with van der Waals surface area (Å²) in [4.78, 5) is 16.8. The zero-order valence-electron chi connectivity index (χ0n) is 10.4. The van der Waals surface area contributed by atoms with E-state index >= 15 is 0 Å². The van der Waals surface area contributed by atoms with Gasteiger partial charge >= 0.3 is 0 Å². The fourth-order valence-electron chi connectivity index (χ4n) is 1.09. The van der Waals surface area contributed by atoms with Crippen molar-refractivity contribution >= 4 is 5.91 Å². The maximum absolute atomic E-state index is 11.7. The lowest BCUT2D eigenvalue weighted by atomic mass is 10.2. The van der Waals surface area contributed by atoms with Crippen molar-refractivity contribution in [2.24, 2.45) is 0 Å². The van der Waals surface area contributed by atoms with Gasteiger partial charge in [0.05, 0.1) is 12.7 Å². The molecule has 0 saturated carbocycles. The van der Waals surface area contributed by atoms with E-state index in [1.54, 1.807) is 6.07 Å². The smallest absolute Gasteiger partial charge is 0.274 e. The number of ether oxygens (including phenoxy) is 1. The third-order valence-electron chi connectivity index (χ3n) is 1.89. The molecule has 1 rings (SSSR count). The molecule has 0 radical (unpaired) electrons. The Kier molecular flexibility index (Phi) is 3.96. The van der Waals surface area contributed by atoms with Crippen LogP contribution in [-0.2, 0) is 4.84 Å². The van der Waals surface area contributed by atoms with Crippen molar-refractivity contribution in [3.8, 4) is 11.5 Å². The van der Waals surface area contributed by atoms with Gasteiger partial charge in [-0.1, -0.05) is 0 Å². The number of carbonyl (C=O) groups is 1. The van der Waals surface area contributed by atoms with E-state index in [2.05, 4.69) is 5.48 Å². The molecule has 1 aromatic rings. The Morgan fingerprint density at radius 2 is 2.00 bits per heavy atom.